The maximum Gasteiger partial charge on any atom is 0.119 e. The fraction of sp³-hybridized carbons (Fsp3) is 0.500. The monoisotopic (exact) mass is 194 g/mol. The lowest BCUT2D eigenvalue weighted by Gasteiger charge is -2.17. The summed E-state index contributed by atoms with van der Waals surface area (Å²) in [5, 5.41) is 9.45. The Morgan fingerprint density at radius 3 is 2.21 bits per heavy atom. The third-order valence-electron chi connectivity index (χ3n) is 1.92. The maximum atomic E-state index is 9.45. The predicted octanol–water partition coefficient (Wildman–Crippen LogP) is 2.40. The third-order valence-corrected chi connectivity index (χ3v) is 1.92. The molecule has 0 unspecified atom stereocenters. The van der Waals surface area contributed by atoms with Crippen LogP contribution in [0.2, 0.25) is 0 Å². The largest absolute Gasteiger partial charge is 0.491 e. The molecular formula is C12H18O2. The Balaban J connectivity index is 2.52. The Bertz CT molecular complexity index is 269. The second-order valence-corrected chi connectivity index (χ2v) is 4.10. The zero-order chi connectivity index (χ0) is 10.6. The first-order valence-corrected chi connectivity index (χ1v) is 4.95. The van der Waals surface area contributed by atoms with Crippen molar-refractivity contribution in [2.75, 3.05) is 6.61 Å². The van der Waals surface area contributed by atoms with E-state index in [0.717, 1.165) is 12.2 Å². The summed E-state index contributed by atoms with van der Waals surface area (Å²) in [5.41, 5.74) is 0.518. The number of aliphatic hydroxyl groups is 1. The van der Waals surface area contributed by atoms with E-state index in [0.29, 0.717) is 6.61 Å². The molecule has 2 nitrogen and oxygen atoms in total. The van der Waals surface area contributed by atoms with E-state index in [2.05, 4.69) is 6.92 Å². The van der Waals surface area contributed by atoms with Gasteiger partial charge >= 0.3 is 0 Å². The highest BCUT2D eigenvalue weighted by atomic mass is 16.5. The summed E-state index contributed by atoms with van der Waals surface area (Å²) in [6.45, 7) is 5.89. The summed E-state index contributed by atoms with van der Waals surface area (Å²) in [4.78, 5) is 0. The van der Waals surface area contributed by atoms with Gasteiger partial charge in [0.25, 0.3) is 0 Å². The van der Waals surface area contributed by atoms with E-state index in [1.54, 1.807) is 13.8 Å². The van der Waals surface area contributed by atoms with Crippen molar-refractivity contribution in [1.29, 1.82) is 0 Å². The lowest BCUT2D eigenvalue weighted by molar-refractivity contribution is 0.0285. The molecule has 0 atom stereocenters. The number of aryl methyl sites for hydroxylation is 1. The minimum Gasteiger partial charge on any atom is -0.491 e. The van der Waals surface area contributed by atoms with E-state index in [-0.39, 0.29) is 0 Å². The van der Waals surface area contributed by atoms with Gasteiger partial charge in [-0.2, -0.15) is 0 Å². The highest BCUT2D eigenvalue weighted by Gasteiger charge is 2.12. The van der Waals surface area contributed by atoms with E-state index >= 15 is 0 Å². The average Bonchev–Trinajstić information content (AvgIpc) is 2.14. The van der Waals surface area contributed by atoms with Gasteiger partial charge in [-0.05, 0) is 38.0 Å². The highest BCUT2D eigenvalue weighted by Crippen LogP contribution is 2.14. The van der Waals surface area contributed by atoms with Crippen LogP contribution in [0, 0.1) is 0 Å². The quantitative estimate of drug-likeness (QED) is 0.797. The second kappa shape index (κ2) is 4.47. The minimum absolute atomic E-state index is 0.318. The van der Waals surface area contributed by atoms with Crippen molar-refractivity contribution in [3.63, 3.8) is 0 Å². The standard InChI is InChI=1S/C12H18O2/c1-4-10-5-7-11(8-6-10)14-9-12(2,3)13/h5-8,13H,4,9H2,1-3H3. The number of rotatable bonds is 4. The van der Waals surface area contributed by atoms with Gasteiger partial charge < -0.3 is 9.84 Å². The lowest BCUT2D eigenvalue weighted by atomic mass is 10.1. The van der Waals surface area contributed by atoms with Crippen LogP contribution >= 0.6 is 0 Å². The molecule has 1 aromatic carbocycles. The van der Waals surface area contributed by atoms with Crippen LogP contribution in [0.3, 0.4) is 0 Å². The maximum absolute atomic E-state index is 9.45. The van der Waals surface area contributed by atoms with E-state index < -0.39 is 5.60 Å². The van der Waals surface area contributed by atoms with Crippen molar-refractivity contribution in [3.05, 3.63) is 29.8 Å². The van der Waals surface area contributed by atoms with Gasteiger partial charge in [0.1, 0.15) is 12.4 Å². The van der Waals surface area contributed by atoms with E-state index in [1.807, 2.05) is 24.3 Å². The minimum atomic E-state index is -0.774. The molecule has 0 radical (unpaired) electrons. The van der Waals surface area contributed by atoms with Gasteiger partial charge in [-0.25, -0.2) is 0 Å². The van der Waals surface area contributed by atoms with E-state index in [1.165, 1.54) is 5.56 Å². The Morgan fingerprint density at radius 2 is 1.79 bits per heavy atom. The summed E-state index contributed by atoms with van der Waals surface area (Å²) in [6, 6.07) is 7.95. The van der Waals surface area contributed by atoms with Crippen LogP contribution in [0.15, 0.2) is 24.3 Å². The van der Waals surface area contributed by atoms with Crippen molar-refractivity contribution >= 4 is 0 Å². The zero-order valence-electron chi connectivity index (χ0n) is 9.08. The molecule has 1 N–H and O–H groups in total. The fourth-order valence-corrected chi connectivity index (χ4v) is 1.08. The van der Waals surface area contributed by atoms with Crippen molar-refractivity contribution in [3.8, 4) is 5.75 Å². The Labute approximate surface area is 85.5 Å². The lowest BCUT2D eigenvalue weighted by Crippen LogP contribution is -2.27. The number of benzene rings is 1. The van der Waals surface area contributed by atoms with Crippen LogP contribution in [0.5, 0.6) is 5.75 Å². The molecule has 0 aromatic heterocycles. The zero-order valence-corrected chi connectivity index (χ0v) is 9.08. The third kappa shape index (κ3) is 3.79. The summed E-state index contributed by atoms with van der Waals surface area (Å²) >= 11 is 0. The molecule has 0 saturated heterocycles. The summed E-state index contributed by atoms with van der Waals surface area (Å²) in [5.74, 6) is 0.810. The van der Waals surface area contributed by atoms with Gasteiger partial charge in [-0.15, -0.1) is 0 Å². The molecule has 0 aliphatic heterocycles. The van der Waals surface area contributed by atoms with Crippen molar-refractivity contribution < 1.29 is 9.84 Å². The number of hydrogen-bond donors (Lipinski definition) is 1. The first-order chi connectivity index (χ1) is 6.51. The number of hydrogen-bond acceptors (Lipinski definition) is 2. The molecule has 0 fully saturated rings. The van der Waals surface area contributed by atoms with E-state index in [9.17, 15) is 5.11 Å². The molecule has 0 saturated carbocycles. The molecule has 0 heterocycles. The molecule has 1 aromatic rings. The van der Waals surface area contributed by atoms with Crippen LogP contribution in [-0.2, 0) is 6.42 Å². The Hall–Kier alpha value is -1.02. The Kier molecular flexibility index (Phi) is 3.53. The molecule has 0 spiro atoms. The van der Waals surface area contributed by atoms with Crippen molar-refractivity contribution in [2.45, 2.75) is 32.8 Å². The molecular weight excluding hydrogens is 176 g/mol. The molecule has 0 bridgehead atoms. The summed E-state index contributed by atoms with van der Waals surface area (Å²) in [7, 11) is 0. The molecule has 0 amide bonds. The van der Waals surface area contributed by atoms with Crippen LogP contribution in [0.4, 0.5) is 0 Å². The molecule has 14 heavy (non-hydrogen) atoms. The van der Waals surface area contributed by atoms with Crippen LogP contribution in [-0.4, -0.2) is 17.3 Å². The van der Waals surface area contributed by atoms with Gasteiger partial charge in [0.15, 0.2) is 0 Å². The van der Waals surface area contributed by atoms with Gasteiger partial charge in [0.2, 0.25) is 0 Å². The van der Waals surface area contributed by atoms with E-state index in [4.69, 9.17) is 4.74 Å². The molecule has 0 aliphatic rings. The SMILES string of the molecule is CCc1ccc(OCC(C)(C)O)cc1. The van der Waals surface area contributed by atoms with Gasteiger partial charge in [-0.1, -0.05) is 19.1 Å². The summed E-state index contributed by atoms with van der Waals surface area (Å²) in [6.07, 6.45) is 1.03. The Morgan fingerprint density at radius 1 is 1.21 bits per heavy atom. The highest BCUT2D eigenvalue weighted by molar-refractivity contribution is 5.27. The van der Waals surface area contributed by atoms with Crippen molar-refractivity contribution in [1.82, 2.24) is 0 Å². The topological polar surface area (TPSA) is 29.5 Å². The van der Waals surface area contributed by atoms with Crippen LogP contribution in [0.25, 0.3) is 0 Å². The van der Waals surface area contributed by atoms with Crippen LogP contribution in [0.1, 0.15) is 26.3 Å². The molecule has 1 rings (SSSR count). The summed E-state index contributed by atoms with van der Waals surface area (Å²) < 4.78 is 5.42. The normalized spacial score (nSPS) is 11.4. The first-order valence-electron chi connectivity index (χ1n) is 4.95. The smallest absolute Gasteiger partial charge is 0.119 e. The van der Waals surface area contributed by atoms with Gasteiger partial charge in [0, 0.05) is 0 Å². The van der Waals surface area contributed by atoms with Gasteiger partial charge in [0.05, 0.1) is 5.60 Å². The molecule has 2 heteroatoms. The molecule has 0 aliphatic carbocycles. The first kappa shape index (κ1) is 11.1. The molecule has 78 valence electrons. The fourth-order valence-electron chi connectivity index (χ4n) is 1.08. The van der Waals surface area contributed by atoms with Gasteiger partial charge in [-0.3, -0.25) is 0 Å². The number of ether oxygens (including phenoxy) is 1. The predicted molar refractivity (Wildman–Crippen MR) is 57.6 cm³/mol. The van der Waals surface area contributed by atoms with Crippen molar-refractivity contribution in [2.24, 2.45) is 0 Å². The second-order valence-electron chi connectivity index (χ2n) is 4.10. The van der Waals surface area contributed by atoms with Crippen LogP contribution < -0.4 is 4.74 Å². The average molecular weight is 194 g/mol.